The van der Waals surface area contributed by atoms with Gasteiger partial charge in [0.2, 0.25) is 0 Å². The lowest BCUT2D eigenvalue weighted by molar-refractivity contribution is 1.15. The van der Waals surface area contributed by atoms with Crippen molar-refractivity contribution in [3.05, 3.63) is 59.9 Å². The van der Waals surface area contributed by atoms with Crippen LogP contribution in [0, 0.1) is 0 Å². The van der Waals surface area contributed by atoms with Gasteiger partial charge in [0.25, 0.3) is 0 Å². The zero-order chi connectivity index (χ0) is 9.80. The van der Waals surface area contributed by atoms with Gasteiger partial charge in [-0.05, 0) is 17.5 Å². The van der Waals surface area contributed by atoms with E-state index in [4.69, 9.17) is 7.85 Å². The molecule has 0 aliphatic heterocycles. The Kier molecular flexibility index (Phi) is 2.64. The van der Waals surface area contributed by atoms with Gasteiger partial charge in [-0.25, -0.2) is 0 Å². The Bertz CT molecular complexity index is 412. The van der Waals surface area contributed by atoms with Crippen molar-refractivity contribution in [2.75, 3.05) is 0 Å². The first-order valence-electron chi connectivity index (χ1n) is 4.58. The molecule has 66 valence electrons. The largest absolute Gasteiger partial charge is 0.265 e. The van der Waals surface area contributed by atoms with Gasteiger partial charge in [0, 0.05) is 12.4 Å². The molecule has 0 saturated heterocycles. The van der Waals surface area contributed by atoms with Gasteiger partial charge >= 0.3 is 0 Å². The van der Waals surface area contributed by atoms with E-state index in [1.165, 1.54) is 5.56 Å². The summed E-state index contributed by atoms with van der Waals surface area (Å²) in [7, 11) is 5.65. The number of pyridine rings is 1. The first-order chi connectivity index (χ1) is 6.84. The summed E-state index contributed by atoms with van der Waals surface area (Å²) in [6.45, 7) is 0. The van der Waals surface area contributed by atoms with E-state index in [1.807, 2.05) is 30.5 Å². The molecule has 0 amide bonds. The molecule has 0 spiro atoms. The van der Waals surface area contributed by atoms with Crippen LogP contribution < -0.4 is 5.46 Å². The Morgan fingerprint density at radius 2 is 1.79 bits per heavy atom. The molecule has 0 unspecified atom stereocenters. The minimum atomic E-state index is 0.721. The van der Waals surface area contributed by atoms with E-state index >= 15 is 0 Å². The van der Waals surface area contributed by atoms with Crippen molar-refractivity contribution in [3.63, 3.8) is 0 Å². The van der Waals surface area contributed by atoms with Gasteiger partial charge in [-0.3, -0.25) is 4.98 Å². The van der Waals surface area contributed by atoms with Crippen LogP contribution in [0.5, 0.6) is 0 Å². The van der Waals surface area contributed by atoms with Crippen LogP contribution in [0.25, 0.3) is 0 Å². The molecule has 1 aromatic heterocycles. The molecular weight excluding hydrogens is 169 g/mol. The lowest BCUT2D eigenvalue weighted by Gasteiger charge is -2.01. The maximum Gasteiger partial charge on any atom is 0.115 e. The summed E-state index contributed by atoms with van der Waals surface area (Å²) in [6, 6.07) is 12.2. The Balaban J connectivity index is 2.19. The minimum Gasteiger partial charge on any atom is -0.265 e. The van der Waals surface area contributed by atoms with Crippen molar-refractivity contribution in [2.45, 2.75) is 6.42 Å². The van der Waals surface area contributed by atoms with Crippen molar-refractivity contribution in [2.24, 2.45) is 0 Å². The van der Waals surface area contributed by atoms with Crippen LogP contribution in [0.4, 0.5) is 0 Å². The minimum absolute atomic E-state index is 0.721. The molecule has 0 N–H and O–H groups in total. The summed E-state index contributed by atoms with van der Waals surface area (Å²) in [5.41, 5.74) is 3.15. The van der Waals surface area contributed by atoms with Gasteiger partial charge < -0.3 is 0 Å². The van der Waals surface area contributed by atoms with Crippen LogP contribution in [0.1, 0.15) is 11.1 Å². The third kappa shape index (κ3) is 2.22. The van der Waals surface area contributed by atoms with Crippen LogP contribution in [0.15, 0.2) is 48.8 Å². The fraction of sp³-hybridized carbons (Fsp3) is 0.0833. The highest BCUT2D eigenvalue weighted by atomic mass is 14.6. The average Bonchev–Trinajstić information content (AvgIpc) is 2.19. The highest BCUT2D eigenvalue weighted by molar-refractivity contribution is 6.32. The third-order valence-corrected chi connectivity index (χ3v) is 2.07. The molecule has 1 heterocycles. The van der Waals surface area contributed by atoms with E-state index in [-0.39, 0.29) is 0 Å². The number of rotatable bonds is 2. The van der Waals surface area contributed by atoms with Crippen LogP contribution in [0.2, 0.25) is 0 Å². The SMILES string of the molecule is [B]c1cncc(Cc2ccccc2)c1. The molecule has 0 fully saturated rings. The van der Waals surface area contributed by atoms with E-state index in [1.54, 1.807) is 6.20 Å². The Morgan fingerprint density at radius 3 is 2.50 bits per heavy atom. The van der Waals surface area contributed by atoms with Gasteiger partial charge in [-0.1, -0.05) is 41.9 Å². The number of nitrogens with zero attached hydrogens (tertiary/aromatic N) is 1. The third-order valence-electron chi connectivity index (χ3n) is 2.07. The van der Waals surface area contributed by atoms with E-state index < -0.39 is 0 Å². The van der Waals surface area contributed by atoms with Crippen molar-refractivity contribution in [3.8, 4) is 0 Å². The van der Waals surface area contributed by atoms with E-state index in [0.717, 1.165) is 17.4 Å². The van der Waals surface area contributed by atoms with Gasteiger partial charge in [0.05, 0.1) is 0 Å². The van der Waals surface area contributed by atoms with Crippen molar-refractivity contribution in [1.82, 2.24) is 4.98 Å². The van der Waals surface area contributed by atoms with Crippen LogP contribution in [0.3, 0.4) is 0 Å². The van der Waals surface area contributed by atoms with E-state index in [2.05, 4.69) is 17.1 Å². The van der Waals surface area contributed by atoms with Crippen LogP contribution in [-0.2, 0) is 6.42 Å². The molecule has 1 aromatic carbocycles. The normalized spacial score (nSPS) is 10.0. The van der Waals surface area contributed by atoms with E-state index in [9.17, 15) is 0 Å². The summed E-state index contributed by atoms with van der Waals surface area (Å²) < 4.78 is 0. The van der Waals surface area contributed by atoms with Crippen LogP contribution in [-0.4, -0.2) is 12.8 Å². The average molecular weight is 179 g/mol. The molecule has 14 heavy (non-hydrogen) atoms. The Hall–Kier alpha value is -1.57. The zero-order valence-electron chi connectivity index (χ0n) is 7.85. The van der Waals surface area contributed by atoms with Gasteiger partial charge in [-0.2, -0.15) is 0 Å². The fourth-order valence-electron chi connectivity index (χ4n) is 1.44. The first-order valence-corrected chi connectivity index (χ1v) is 4.58. The molecule has 0 saturated carbocycles. The predicted octanol–water partition coefficient (Wildman–Crippen LogP) is 1.47. The van der Waals surface area contributed by atoms with Gasteiger partial charge in [0.15, 0.2) is 0 Å². The Labute approximate surface area is 85.2 Å². The summed E-state index contributed by atoms with van der Waals surface area (Å²) in [5.74, 6) is 0. The second kappa shape index (κ2) is 4.10. The molecule has 2 radical (unpaired) electrons. The highest BCUT2D eigenvalue weighted by Crippen LogP contribution is 2.06. The number of aromatic nitrogens is 1. The number of hydrogen-bond acceptors (Lipinski definition) is 1. The van der Waals surface area contributed by atoms with E-state index in [0.29, 0.717) is 0 Å². The molecule has 0 aliphatic rings. The summed E-state index contributed by atoms with van der Waals surface area (Å²) in [6.07, 6.45) is 4.40. The summed E-state index contributed by atoms with van der Waals surface area (Å²) in [4.78, 5) is 4.06. The lowest BCUT2D eigenvalue weighted by atomic mass is 9.95. The highest BCUT2D eigenvalue weighted by Gasteiger charge is 1.95. The second-order valence-corrected chi connectivity index (χ2v) is 3.29. The smallest absolute Gasteiger partial charge is 0.115 e. The maximum atomic E-state index is 5.65. The first kappa shape index (κ1) is 9.01. The molecule has 1 nitrogen and oxygen atoms in total. The predicted molar refractivity (Wildman–Crippen MR) is 58.9 cm³/mol. The van der Waals surface area contributed by atoms with Gasteiger partial charge in [0.1, 0.15) is 7.85 Å². The quantitative estimate of drug-likeness (QED) is 0.636. The van der Waals surface area contributed by atoms with Crippen LogP contribution >= 0.6 is 0 Å². The molecule has 2 heteroatoms. The molecule has 0 aliphatic carbocycles. The maximum absolute atomic E-state index is 5.65. The topological polar surface area (TPSA) is 12.9 Å². The number of benzene rings is 1. The van der Waals surface area contributed by atoms with Crippen molar-refractivity contribution < 1.29 is 0 Å². The standard InChI is InChI=1S/C12H10BN/c13-12-7-11(8-14-9-12)6-10-4-2-1-3-5-10/h1-5,7-9H,6H2. The molecule has 2 aromatic rings. The zero-order valence-corrected chi connectivity index (χ0v) is 7.85. The lowest BCUT2D eigenvalue weighted by Crippen LogP contribution is -2.04. The molecule has 0 bridgehead atoms. The van der Waals surface area contributed by atoms with Gasteiger partial charge in [-0.15, -0.1) is 0 Å². The molecular formula is C12H10BN. The number of hydrogen-bond donors (Lipinski definition) is 0. The molecule has 2 rings (SSSR count). The Morgan fingerprint density at radius 1 is 1.00 bits per heavy atom. The molecule has 0 atom stereocenters. The van der Waals surface area contributed by atoms with Crippen molar-refractivity contribution in [1.29, 1.82) is 0 Å². The fourth-order valence-corrected chi connectivity index (χ4v) is 1.44. The summed E-state index contributed by atoms with van der Waals surface area (Å²) >= 11 is 0. The van der Waals surface area contributed by atoms with Crippen molar-refractivity contribution >= 4 is 13.3 Å². The monoisotopic (exact) mass is 179 g/mol. The second-order valence-electron chi connectivity index (χ2n) is 3.29. The summed E-state index contributed by atoms with van der Waals surface area (Å²) in [5, 5.41) is 0.